The maximum absolute atomic E-state index is 13.4. The maximum atomic E-state index is 13.4. The monoisotopic (exact) mass is 505 g/mol. The number of ether oxygens (including phenoxy) is 1. The molecular weight excluding hydrogens is 485 g/mol. The van der Waals surface area contributed by atoms with E-state index in [-0.39, 0.29) is 15.6 Å². The molecule has 0 saturated heterocycles. The van der Waals surface area contributed by atoms with Gasteiger partial charge in [0.2, 0.25) is 0 Å². The van der Waals surface area contributed by atoms with Crippen LogP contribution in [-0.2, 0) is 14.8 Å². The quantitative estimate of drug-likeness (QED) is 0.356. The molecule has 3 aromatic carbocycles. The lowest BCUT2D eigenvalue weighted by Gasteiger charge is -2.24. The van der Waals surface area contributed by atoms with Crippen LogP contribution >= 0.6 is 23.2 Å². The van der Waals surface area contributed by atoms with Gasteiger partial charge in [-0.25, -0.2) is 13.8 Å². The number of sulfonamides is 1. The molecule has 1 amide bonds. The fraction of sp³-hybridized carbons (Fsp3) is 0.130. The Balaban J connectivity index is 1.90. The van der Waals surface area contributed by atoms with Crippen LogP contribution in [0.3, 0.4) is 0 Å². The predicted molar refractivity (Wildman–Crippen MR) is 131 cm³/mol. The van der Waals surface area contributed by atoms with Crippen molar-refractivity contribution in [3.8, 4) is 5.75 Å². The number of anilines is 1. The number of nitrogens with zero attached hydrogens (tertiary/aromatic N) is 2. The Morgan fingerprint density at radius 3 is 2.39 bits per heavy atom. The molecule has 0 atom stereocenters. The van der Waals surface area contributed by atoms with Gasteiger partial charge in [-0.15, -0.1) is 0 Å². The van der Waals surface area contributed by atoms with Crippen molar-refractivity contribution in [3.63, 3.8) is 0 Å². The number of benzene rings is 3. The lowest BCUT2D eigenvalue weighted by Crippen LogP contribution is -2.39. The first-order valence-corrected chi connectivity index (χ1v) is 11.9. The average Bonchev–Trinajstić information content (AvgIpc) is 2.79. The third-order valence-electron chi connectivity index (χ3n) is 4.62. The van der Waals surface area contributed by atoms with Gasteiger partial charge in [0.1, 0.15) is 12.3 Å². The van der Waals surface area contributed by atoms with Gasteiger partial charge in [-0.2, -0.15) is 5.10 Å². The number of rotatable bonds is 8. The molecule has 0 bridgehead atoms. The highest BCUT2D eigenvalue weighted by atomic mass is 35.5. The molecule has 0 aliphatic rings. The molecule has 3 rings (SSSR count). The number of nitrogens with one attached hydrogen (secondary N) is 1. The van der Waals surface area contributed by atoms with E-state index in [1.54, 1.807) is 36.4 Å². The summed E-state index contributed by atoms with van der Waals surface area (Å²) in [6.45, 7) is 1.32. The second-order valence-electron chi connectivity index (χ2n) is 6.96. The van der Waals surface area contributed by atoms with Crippen LogP contribution in [0.25, 0.3) is 0 Å². The smallest absolute Gasteiger partial charge is 0.264 e. The molecule has 172 valence electrons. The zero-order chi connectivity index (χ0) is 24.0. The zero-order valence-corrected chi connectivity index (χ0v) is 20.2. The van der Waals surface area contributed by atoms with E-state index in [0.717, 1.165) is 9.87 Å². The summed E-state index contributed by atoms with van der Waals surface area (Å²) in [5.41, 5.74) is 4.04. The van der Waals surface area contributed by atoms with E-state index >= 15 is 0 Å². The second-order valence-corrected chi connectivity index (χ2v) is 9.63. The molecular formula is C23H21Cl2N3O4S. The van der Waals surface area contributed by atoms with Crippen LogP contribution < -0.4 is 14.5 Å². The number of aryl methyl sites for hydroxylation is 1. The van der Waals surface area contributed by atoms with E-state index in [0.29, 0.717) is 16.3 Å². The average molecular weight is 506 g/mol. The Bertz CT molecular complexity index is 1280. The number of hydrogen-bond donors (Lipinski definition) is 1. The molecule has 3 aromatic rings. The summed E-state index contributed by atoms with van der Waals surface area (Å²) in [5, 5.41) is 4.55. The number of hydrogen-bond acceptors (Lipinski definition) is 5. The van der Waals surface area contributed by atoms with E-state index < -0.39 is 22.5 Å². The molecule has 0 heterocycles. The molecule has 0 fully saturated rings. The standard InChI is InChI=1S/C23H21Cl2N3O4S/c1-16-7-10-19(11-8-16)33(30,31)28(18-9-12-22(32-2)21(25)13-18)15-23(29)27-26-14-17-5-3-4-6-20(17)24/h3-14H,15H2,1-2H3,(H,27,29)/b26-14-. The van der Waals surface area contributed by atoms with E-state index in [1.807, 2.05) is 6.92 Å². The molecule has 0 unspecified atom stereocenters. The van der Waals surface area contributed by atoms with Crippen molar-refractivity contribution < 1.29 is 17.9 Å². The lowest BCUT2D eigenvalue weighted by molar-refractivity contribution is -0.119. The molecule has 1 N–H and O–H groups in total. The summed E-state index contributed by atoms with van der Waals surface area (Å²) in [5.74, 6) is -0.275. The highest BCUT2D eigenvalue weighted by molar-refractivity contribution is 7.92. The molecule has 0 aliphatic carbocycles. The molecule has 0 aromatic heterocycles. The lowest BCUT2D eigenvalue weighted by atomic mass is 10.2. The molecule has 7 nitrogen and oxygen atoms in total. The van der Waals surface area contributed by atoms with Gasteiger partial charge >= 0.3 is 0 Å². The normalized spacial score (nSPS) is 11.4. The van der Waals surface area contributed by atoms with Gasteiger partial charge in [0.05, 0.1) is 28.9 Å². The maximum Gasteiger partial charge on any atom is 0.264 e. The Kier molecular flexibility index (Phi) is 7.97. The molecule has 0 spiro atoms. The minimum absolute atomic E-state index is 0.0346. The Labute approximate surface area is 202 Å². The Hall–Kier alpha value is -3.07. The SMILES string of the molecule is COc1ccc(N(CC(=O)N/N=C\c2ccccc2Cl)S(=O)(=O)c2ccc(C)cc2)cc1Cl. The van der Waals surface area contributed by atoms with Crippen molar-refractivity contribution in [2.24, 2.45) is 5.10 Å². The fourth-order valence-corrected chi connectivity index (χ4v) is 4.73. The van der Waals surface area contributed by atoms with Crippen molar-refractivity contribution in [1.82, 2.24) is 5.43 Å². The summed E-state index contributed by atoms with van der Waals surface area (Å²) >= 11 is 12.3. The van der Waals surface area contributed by atoms with Crippen LogP contribution in [0.15, 0.2) is 76.7 Å². The number of carbonyl (C=O) groups excluding carboxylic acids is 1. The van der Waals surface area contributed by atoms with Gasteiger partial charge in [0, 0.05) is 10.6 Å². The number of methoxy groups -OCH3 is 1. The van der Waals surface area contributed by atoms with Crippen molar-refractivity contribution >= 4 is 51.0 Å². The van der Waals surface area contributed by atoms with Gasteiger partial charge in [-0.05, 0) is 43.3 Å². The van der Waals surface area contributed by atoms with Gasteiger partial charge < -0.3 is 4.74 Å². The Morgan fingerprint density at radius 1 is 1.06 bits per heavy atom. The van der Waals surface area contributed by atoms with Crippen LogP contribution in [0.2, 0.25) is 10.0 Å². The van der Waals surface area contributed by atoms with E-state index in [1.165, 1.54) is 43.7 Å². The van der Waals surface area contributed by atoms with Crippen molar-refractivity contribution in [1.29, 1.82) is 0 Å². The largest absolute Gasteiger partial charge is 0.495 e. The van der Waals surface area contributed by atoms with Crippen molar-refractivity contribution in [2.75, 3.05) is 18.0 Å². The minimum atomic E-state index is -4.09. The summed E-state index contributed by atoms with van der Waals surface area (Å²) in [4.78, 5) is 12.7. The fourth-order valence-electron chi connectivity index (χ4n) is 2.88. The summed E-state index contributed by atoms with van der Waals surface area (Å²) in [7, 11) is -2.64. The minimum Gasteiger partial charge on any atom is -0.495 e. The van der Waals surface area contributed by atoms with Crippen LogP contribution in [0.4, 0.5) is 5.69 Å². The number of amides is 1. The highest BCUT2D eigenvalue weighted by Crippen LogP contribution is 2.32. The number of carbonyl (C=O) groups is 1. The first-order valence-electron chi connectivity index (χ1n) is 9.72. The first-order chi connectivity index (χ1) is 15.7. The Morgan fingerprint density at radius 2 is 1.76 bits per heavy atom. The van der Waals surface area contributed by atoms with E-state index in [4.69, 9.17) is 27.9 Å². The molecule has 0 radical (unpaired) electrons. The third kappa shape index (κ3) is 6.04. The zero-order valence-electron chi connectivity index (χ0n) is 17.8. The summed E-state index contributed by atoms with van der Waals surface area (Å²) in [6, 6.07) is 17.8. The molecule has 33 heavy (non-hydrogen) atoms. The topological polar surface area (TPSA) is 88.1 Å². The van der Waals surface area contributed by atoms with Crippen molar-refractivity contribution in [3.05, 3.63) is 87.9 Å². The third-order valence-corrected chi connectivity index (χ3v) is 7.05. The first kappa shape index (κ1) is 24.6. The van der Waals surface area contributed by atoms with Crippen molar-refractivity contribution in [2.45, 2.75) is 11.8 Å². The molecule has 0 saturated carbocycles. The second kappa shape index (κ2) is 10.7. The van der Waals surface area contributed by atoms with E-state index in [9.17, 15) is 13.2 Å². The number of halogens is 2. The molecule has 0 aliphatic heterocycles. The van der Waals surface area contributed by atoms with Crippen LogP contribution in [0.1, 0.15) is 11.1 Å². The van der Waals surface area contributed by atoms with Gasteiger partial charge in [0.25, 0.3) is 15.9 Å². The van der Waals surface area contributed by atoms with E-state index in [2.05, 4.69) is 10.5 Å². The van der Waals surface area contributed by atoms with Gasteiger partial charge in [0.15, 0.2) is 0 Å². The van der Waals surface area contributed by atoms with Crippen LogP contribution in [0.5, 0.6) is 5.75 Å². The number of hydrazone groups is 1. The molecule has 10 heteroatoms. The predicted octanol–water partition coefficient (Wildman–Crippen LogP) is 4.66. The van der Waals surface area contributed by atoms with Gasteiger partial charge in [-0.3, -0.25) is 9.10 Å². The van der Waals surface area contributed by atoms with Crippen LogP contribution in [-0.4, -0.2) is 34.2 Å². The van der Waals surface area contributed by atoms with Gasteiger partial charge in [-0.1, -0.05) is 59.1 Å². The summed E-state index contributed by atoms with van der Waals surface area (Å²) in [6.07, 6.45) is 1.38. The highest BCUT2D eigenvalue weighted by Gasteiger charge is 2.27. The summed E-state index contributed by atoms with van der Waals surface area (Å²) < 4.78 is 32.9. The van der Waals surface area contributed by atoms with Crippen LogP contribution in [0, 0.1) is 6.92 Å².